The number of hydrogen-bond donors (Lipinski definition) is 0. The van der Waals surface area contributed by atoms with Gasteiger partial charge in [0.15, 0.2) is 0 Å². The minimum Gasteiger partial charge on any atom is -0.464 e. The first-order chi connectivity index (χ1) is 8.10. The van der Waals surface area contributed by atoms with Crippen molar-refractivity contribution < 1.29 is 9.53 Å². The maximum Gasteiger partial charge on any atom is 0.354 e. The number of carbonyl (C=O) groups excluding carboxylic acids is 1. The molecule has 0 radical (unpaired) electrons. The van der Waals surface area contributed by atoms with Crippen LogP contribution in [0, 0.1) is 11.3 Å². The van der Waals surface area contributed by atoms with Gasteiger partial charge in [-0.1, -0.05) is 11.6 Å². The van der Waals surface area contributed by atoms with E-state index in [1.807, 2.05) is 6.07 Å². The number of nitrogens with zero attached hydrogens (tertiary/aromatic N) is 2. The summed E-state index contributed by atoms with van der Waals surface area (Å²) in [6, 6.07) is 7.02. The fourth-order valence-electron chi connectivity index (χ4n) is 1.76. The molecule has 0 aliphatic rings. The number of halogens is 1. The van der Waals surface area contributed by atoms with E-state index in [9.17, 15) is 4.79 Å². The summed E-state index contributed by atoms with van der Waals surface area (Å²) >= 11 is 6.09. The van der Waals surface area contributed by atoms with E-state index in [1.54, 1.807) is 29.8 Å². The van der Waals surface area contributed by atoms with Gasteiger partial charge in [0.1, 0.15) is 11.8 Å². The fraction of sp³-hybridized carbons (Fsp3) is 0.167. The number of rotatable bonds is 1. The Balaban J connectivity index is 2.79. The Kier molecular flexibility index (Phi) is 2.78. The predicted octanol–water partition coefficient (Wildman–Crippen LogP) is 2.49. The average molecular weight is 249 g/mol. The van der Waals surface area contributed by atoms with Crippen LogP contribution in [0.4, 0.5) is 0 Å². The molecule has 1 aromatic carbocycles. The van der Waals surface area contributed by atoms with Crippen LogP contribution < -0.4 is 0 Å². The van der Waals surface area contributed by atoms with Crippen molar-refractivity contribution in [3.05, 3.63) is 34.5 Å². The molecule has 0 amide bonds. The van der Waals surface area contributed by atoms with Crippen molar-refractivity contribution in [2.45, 2.75) is 0 Å². The summed E-state index contributed by atoms with van der Waals surface area (Å²) in [6.07, 6.45) is 0. The third kappa shape index (κ3) is 1.65. The zero-order chi connectivity index (χ0) is 12.6. The molecule has 2 rings (SSSR count). The minimum absolute atomic E-state index is 0.357. The topological polar surface area (TPSA) is 55.0 Å². The molecule has 0 bridgehead atoms. The number of fused-ring (bicyclic) bond motifs is 1. The maximum absolute atomic E-state index is 11.5. The summed E-state index contributed by atoms with van der Waals surface area (Å²) in [7, 11) is 3.07. The normalized spacial score (nSPS) is 10.2. The van der Waals surface area contributed by atoms with E-state index in [2.05, 4.69) is 4.74 Å². The van der Waals surface area contributed by atoms with Gasteiger partial charge in [0.25, 0.3) is 0 Å². The van der Waals surface area contributed by atoms with Gasteiger partial charge in [0, 0.05) is 18.0 Å². The molecule has 0 unspecified atom stereocenters. The largest absolute Gasteiger partial charge is 0.464 e. The van der Waals surface area contributed by atoms with Gasteiger partial charge in [-0.25, -0.2) is 4.79 Å². The summed E-state index contributed by atoms with van der Waals surface area (Å²) < 4.78 is 6.36. The van der Waals surface area contributed by atoms with Gasteiger partial charge >= 0.3 is 5.97 Å². The second-order valence-corrected chi connectivity index (χ2v) is 3.93. The van der Waals surface area contributed by atoms with Crippen LogP contribution in [0.25, 0.3) is 10.9 Å². The third-order valence-electron chi connectivity index (χ3n) is 2.68. The Morgan fingerprint density at radius 1 is 1.53 bits per heavy atom. The molecular formula is C12H9ClN2O2. The molecule has 0 fully saturated rings. The molecule has 4 nitrogen and oxygen atoms in total. The highest BCUT2D eigenvalue weighted by atomic mass is 35.5. The van der Waals surface area contributed by atoms with Crippen molar-refractivity contribution in [2.75, 3.05) is 7.11 Å². The van der Waals surface area contributed by atoms with Crippen LogP contribution in [0.2, 0.25) is 5.02 Å². The number of methoxy groups -OCH3 is 1. The second kappa shape index (κ2) is 4.11. The van der Waals surface area contributed by atoms with Crippen LogP contribution in [0.1, 0.15) is 16.1 Å². The zero-order valence-electron chi connectivity index (χ0n) is 9.32. The van der Waals surface area contributed by atoms with Gasteiger partial charge in [-0.15, -0.1) is 0 Å². The standard InChI is InChI=1S/C12H9ClN2O2/c1-15-9-4-3-7(6-14)11(13)8(9)5-10(15)12(16)17-2/h3-5H,1-2H3. The molecule has 86 valence electrons. The van der Waals surface area contributed by atoms with Crippen molar-refractivity contribution in [1.29, 1.82) is 5.26 Å². The number of aromatic nitrogens is 1. The lowest BCUT2D eigenvalue weighted by Crippen LogP contribution is -2.06. The Morgan fingerprint density at radius 2 is 2.24 bits per heavy atom. The van der Waals surface area contributed by atoms with Crippen molar-refractivity contribution >= 4 is 28.5 Å². The molecule has 2 aromatic rings. The van der Waals surface area contributed by atoms with Crippen LogP contribution >= 0.6 is 11.6 Å². The molecule has 17 heavy (non-hydrogen) atoms. The summed E-state index contributed by atoms with van der Waals surface area (Å²) in [6.45, 7) is 0. The molecule has 0 saturated heterocycles. The van der Waals surface area contributed by atoms with E-state index >= 15 is 0 Å². The SMILES string of the molecule is COC(=O)c1cc2c(Cl)c(C#N)ccc2n1C. The van der Waals surface area contributed by atoms with Gasteiger partial charge < -0.3 is 9.30 Å². The second-order valence-electron chi connectivity index (χ2n) is 3.55. The fourth-order valence-corrected chi connectivity index (χ4v) is 2.02. The van der Waals surface area contributed by atoms with Gasteiger partial charge in [-0.3, -0.25) is 0 Å². The molecule has 0 N–H and O–H groups in total. The van der Waals surface area contributed by atoms with Crippen LogP contribution in [-0.2, 0) is 11.8 Å². The van der Waals surface area contributed by atoms with Crippen molar-refractivity contribution in [3.8, 4) is 6.07 Å². The molecule has 5 heteroatoms. The lowest BCUT2D eigenvalue weighted by molar-refractivity contribution is 0.0590. The molecular weight excluding hydrogens is 240 g/mol. The molecule has 1 aromatic heterocycles. The highest BCUT2D eigenvalue weighted by Crippen LogP contribution is 2.29. The molecule has 0 saturated carbocycles. The van der Waals surface area contributed by atoms with Crippen molar-refractivity contribution in [2.24, 2.45) is 7.05 Å². The highest BCUT2D eigenvalue weighted by Gasteiger charge is 2.16. The summed E-state index contributed by atoms with van der Waals surface area (Å²) in [5.41, 5.74) is 1.58. The summed E-state index contributed by atoms with van der Waals surface area (Å²) in [5, 5.41) is 9.91. The zero-order valence-corrected chi connectivity index (χ0v) is 10.1. The van der Waals surface area contributed by atoms with E-state index < -0.39 is 5.97 Å². The van der Waals surface area contributed by atoms with E-state index in [0.717, 1.165) is 5.52 Å². The van der Waals surface area contributed by atoms with E-state index in [0.29, 0.717) is 21.7 Å². The number of nitriles is 1. The average Bonchev–Trinajstić information content (AvgIpc) is 2.68. The monoisotopic (exact) mass is 248 g/mol. The first-order valence-electron chi connectivity index (χ1n) is 4.86. The highest BCUT2D eigenvalue weighted by molar-refractivity contribution is 6.36. The first kappa shape index (κ1) is 11.5. The molecule has 0 aliphatic carbocycles. The molecule has 0 aliphatic heterocycles. The maximum atomic E-state index is 11.5. The minimum atomic E-state index is -0.432. The van der Waals surface area contributed by atoms with Gasteiger partial charge in [0.2, 0.25) is 0 Å². The Hall–Kier alpha value is -1.99. The van der Waals surface area contributed by atoms with Crippen LogP contribution in [0.15, 0.2) is 18.2 Å². The molecule has 0 atom stereocenters. The molecule has 0 spiro atoms. The van der Waals surface area contributed by atoms with E-state index in [1.165, 1.54) is 7.11 Å². The number of hydrogen-bond acceptors (Lipinski definition) is 3. The Morgan fingerprint density at radius 3 is 2.82 bits per heavy atom. The summed E-state index contributed by atoms with van der Waals surface area (Å²) in [5.74, 6) is -0.432. The van der Waals surface area contributed by atoms with Gasteiger partial charge in [0.05, 0.1) is 17.7 Å². The number of aryl methyl sites for hydroxylation is 1. The third-order valence-corrected chi connectivity index (χ3v) is 3.08. The van der Waals surface area contributed by atoms with Crippen molar-refractivity contribution in [1.82, 2.24) is 4.57 Å². The predicted molar refractivity (Wildman–Crippen MR) is 64.0 cm³/mol. The van der Waals surface area contributed by atoms with E-state index in [4.69, 9.17) is 16.9 Å². The number of carbonyl (C=O) groups is 1. The molecule has 1 heterocycles. The van der Waals surface area contributed by atoms with Crippen LogP contribution in [0.5, 0.6) is 0 Å². The first-order valence-corrected chi connectivity index (χ1v) is 5.24. The van der Waals surface area contributed by atoms with Crippen LogP contribution in [0.3, 0.4) is 0 Å². The lowest BCUT2D eigenvalue weighted by Gasteiger charge is -2.02. The quantitative estimate of drug-likeness (QED) is 0.729. The number of esters is 1. The number of benzene rings is 1. The smallest absolute Gasteiger partial charge is 0.354 e. The van der Waals surface area contributed by atoms with Gasteiger partial charge in [-0.05, 0) is 18.2 Å². The Bertz CT molecular complexity index is 653. The van der Waals surface area contributed by atoms with Gasteiger partial charge in [-0.2, -0.15) is 5.26 Å². The van der Waals surface area contributed by atoms with Crippen molar-refractivity contribution in [3.63, 3.8) is 0 Å². The summed E-state index contributed by atoms with van der Waals surface area (Å²) in [4.78, 5) is 11.5. The Labute approximate surface area is 103 Å². The van der Waals surface area contributed by atoms with E-state index in [-0.39, 0.29) is 0 Å². The number of ether oxygens (including phenoxy) is 1. The lowest BCUT2D eigenvalue weighted by atomic mass is 10.2. The van der Waals surface area contributed by atoms with Crippen LogP contribution in [-0.4, -0.2) is 17.6 Å².